The normalized spacial score (nSPS) is 28.8. The molecule has 18 heavy (non-hydrogen) atoms. The maximum absolute atomic E-state index is 6.43. The molecule has 2 fully saturated rings. The van der Waals surface area contributed by atoms with Crippen molar-refractivity contribution in [3.8, 4) is 0 Å². The van der Waals surface area contributed by atoms with Crippen LogP contribution >= 0.6 is 0 Å². The second-order valence-electron chi connectivity index (χ2n) is 6.25. The van der Waals surface area contributed by atoms with Gasteiger partial charge in [-0.2, -0.15) is 0 Å². The Balaban J connectivity index is 1.71. The highest BCUT2D eigenvalue weighted by Crippen LogP contribution is 2.38. The Morgan fingerprint density at radius 1 is 1.33 bits per heavy atom. The average molecular weight is 244 g/mol. The summed E-state index contributed by atoms with van der Waals surface area (Å²) in [6.45, 7) is 6.63. The molecule has 3 rings (SSSR count). The number of hydrogen-bond donors (Lipinski definition) is 1. The van der Waals surface area contributed by atoms with Crippen molar-refractivity contribution in [2.45, 2.75) is 45.2 Å². The molecule has 2 N–H and O–H groups in total. The summed E-state index contributed by atoms with van der Waals surface area (Å²) in [5, 5.41) is 0. The van der Waals surface area contributed by atoms with Crippen molar-refractivity contribution < 1.29 is 0 Å². The summed E-state index contributed by atoms with van der Waals surface area (Å²) in [5.41, 5.74) is 10.4. The smallest absolute Gasteiger partial charge is 0.0427 e. The highest BCUT2D eigenvalue weighted by atomic mass is 15.2. The molecule has 1 aliphatic heterocycles. The summed E-state index contributed by atoms with van der Waals surface area (Å²) in [6.07, 6.45) is 4.25. The first kappa shape index (κ1) is 12.2. The molecule has 0 radical (unpaired) electrons. The van der Waals surface area contributed by atoms with E-state index in [4.69, 9.17) is 5.73 Å². The van der Waals surface area contributed by atoms with Crippen LogP contribution in [0.15, 0.2) is 18.2 Å². The zero-order chi connectivity index (χ0) is 12.7. The van der Waals surface area contributed by atoms with Crippen LogP contribution in [0.1, 0.15) is 42.0 Å². The van der Waals surface area contributed by atoms with Gasteiger partial charge < -0.3 is 5.73 Å². The predicted molar refractivity (Wildman–Crippen MR) is 75.5 cm³/mol. The quantitative estimate of drug-likeness (QED) is 0.886. The number of nitrogens with two attached hydrogens (primary N) is 1. The molecule has 2 heteroatoms. The number of rotatable bonds is 3. The van der Waals surface area contributed by atoms with Crippen molar-refractivity contribution in [1.29, 1.82) is 0 Å². The minimum Gasteiger partial charge on any atom is -0.323 e. The van der Waals surface area contributed by atoms with Gasteiger partial charge in [-0.05, 0) is 50.2 Å². The Morgan fingerprint density at radius 2 is 2.17 bits per heavy atom. The number of fused-ring (bicyclic) bond motifs is 2. The van der Waals surface area contributed by atoms with Crippen LogP contribution < -0.4 is 5.73 Å². The van der Waals surface area contributed by atoms with Gasteiger partial charge in [-0.3, -0.25) is 4.90 Å². The number of aryl methyl sites for hydroxylation is 2. The minimum absolute atomic E-state index is 0.171. The van der Waals surface area contributed by atoms with Gasteiger partial charge in [0.15, 0.2) is 0 Å². The lowest BCUT2D eigenvalue weighted by molar-refractivity contribution is 0.201. The number of nitrogens with zero attached hydrogens (tertiary/aromatic N) is 1. The Kier molecular flexibility index (Phi) is 3.16. The van der Waals surface area contributed by atoms with Crippen molar-refractivity contribution in [1.82, 2.24) is 4.90 Å². The lowest BCUT2D eigenvalue weighted by Crippen LogP contribution is -2.38. The maximum atomic E-state index is 6.43. The van der Waals surface area contributed by atoms with Gasteiger partial charge in [0.2, 0.25) is 0 Å². The van der Waals surface area contributed by atoms with E-state index in [1.807, 2.05) is 0 Å². The van der Waals surface area contributed by atoms with E-state index in [1.54, 1.807) is 0 Å². The molecule has 1 aromatic rings. The van der Waals surface area contributed by atoms with Crippen molar-refractivity contribution in [3.05, 3.63) is 34.9 Å². The molecule has 1 saturated carbocycles. The van der Waals surface area contributed by atoms with E-state index in [0.29, 0.717) is 0 Å². The maximum Gasteiger partial charge on any atom is 0.0427 e. The highest BCUT2D eigenvalue weighted by molar-refractivity contribution is 5.33. The Bertz CT molecular complexity index is 441. The van der Waals surface area contributed by atoms with Gasteiger partial charge in [0.05, 0.1) is 0 Å². The van der Waals surface area contributed by atoms with Crippen LogP contribution in [0.25, 0.3) is 0 Å². The van der Waals surface area contributed by atoms with Crippen LogP contribution in [0.3, 0.4) is 0 Å². The molecule has 2 nitrogen and oxygen atoms in total. The molecule has 3 unspecified atom stereocenters. The molecule has 2 bridgehead atoms. The summed E-state index contributed by atoms with van der Waals surface area (Å²) >= 11 is 0. The Hall–Kier alpha value is -0.860. The van der Waals surface area contributed by atoms with Crippen molar-refractivity contribution >= 4 is 0 Å². The van der Waals surface area contributed by atoms with Crippen LogP contribution in [0.2, 0.25) is 0 Å². The summed E-state index contributed by atoms with van der Waals surface area (Å²) in [4.78, 5) is 2.63. The van der Waals surface area contributed by atoms with Crippen LogP contribution in [0, 0.1) is 19.8 Å². The molecule has 98 valence electrons. The SMILES string of the molecule is Cc1ccc(C)c(C(N)CN2CC3CCC2C3)c1. The molecule has 0 spiro atoms. The minimum atomic E-state index is 0.171. The van der Waals surface area contributed by atoms with Crippen molar-refractivity contribution in [2.24, 2.45) is 11.7 Å². The largest absolute Gasteiger partial charge is 0.323 e. The van der Waals surface area contributed by atoms with Gasteiger partial charge in [0, 0.05) is 25.2 Å². The topological polar surface area (TPSA) is 29.3 Å². The monoisotopic (exact) mass is 244 g/mol. The fraction of sp³-hybridized carbons (Fsp3) is 0.625. The first-order valence-corrected chi connectivity index (χ1v) is 7.20. The number of hydrogen-bond acceptors (Lipinski definition) is 2. The van der Waals surface area contributed by atoms with Crippen molar-refractivity contribution in [3.63, 3.8) is 0 Å². The molecule has 1 heterocycles. The lowest BCUT2D eigenvalue weighted by atomic mass is 9.98. The molecule has 0 amide bonds. The van der Waals surface area contributed by atoms with E-state index in [9.17, 15) is 0 Å². The fourth-order valence-corrected chi connectivity index (χ4v) is 3.76. The number of likely N-dealkylation sites (tertiary alicyclic amines) is 1. The predicted octanol–water partition coefficient (Wildman–Crippen LogP) is 2.79. The molecular formula is C16H24N2. The van der Waals surface area contributed by atoms with Crippen LogP contribution in [0.4, 0.5) is 0 Å². The summed E-state index contributed by atoms with van der Waals surface area (Å²) < 4.78 is 0. The molecule has 3 atom stereocenters. The third-order valence-corrected chi connectivity index (χ3v) is 4.79. The zero-order valence-corrected chi connectivity index (χ0v) is 11.5. The summed E-state index contributed by atoms with van der Waals surface area (Å²) in [7, 11) is 0. The summed E-state index contributed by atoms with van der Waals surface area (Å²) in [5.74, 6) is 0.959. The van der Waals surface area contributed by atoms with Gasteiger partial charge in [-0.25, -0.2) is 0 Å². The second kappa shape index (κ2) is 4.67. The first-order valence-electron chi connectivity index (χ1n) is 7.20. The van der Waals surface area contributed by atoms with E-state index in [0.717, 1.165) is 18.5 Å². The Labute approximate surface area is 110 Å². The van der Waals surface area contributed by atoms with Gasteiger partial charge in [0.25, 0.3) is 0 Å². The average Bonchev–Trinajstić information content (AvgIpc) is 2.94. The molecule has 0 aromatic heterocycles. The molecular weight excluding hydrogens is 220 g/mol. The molecule has 1 aliphatic carbocycles. The van der Waals surface area contributed by atoms with Gasteiger partial charge >= 0.3 is 0 Å². The van der Waals surface area contributed by atoms with E-state index in [-0.39, 0.29) is 6.04 Å². The van der Waals surface area contributed by atoms with Gasteiger partial charge in [0.1, 0.15) is 0 Å². The zero-order valence-electron chi connectivity index (χ0n) is 11.5. The van der Waals surface area contributed by atoms with Gasteiger partial charge in [-0.1, -0.05) is 23.8 Å². The fourth-order valence-electron chi connectivity index (χ4n) is 3.76. The van der Waals surface area contributed by atoms with E-state index in [1.165, 1.54) is 42.5 Å². The van der Waals surface area contributed by atoms with E-state index < -0.39 is 0 Å². The van der Waals surface area contributed by atoms with E-state index in [2.05, 4.69) is 36.9 Å². The first-order chi connectivity index (χ1) is 8.63. The van der Waals surface area contributed by atoms with Crippen LogP contribution in [0.5, 0.6) is 0 Å². The van der Waals surface area contributed by atoms with Crippen molar-refractivity contribution in [2.75, 3.05) is 13.1 Å². The lowest BCUT2D eigenvalue weighted by Gasteiger charge is -2.30. The van der Waals surface area contributed by atoms with E-state index >= 15 is 0 Å². The van der Waals surface area contributed by atoms with Crippen LogP contribution in [-0.4, -0.2) is 24.0 Å². The molecule has 1 saturated heterocycles. The van der Waals surface area contributed by atoms with Gasteiger partial charge in [-0.15, -0.1) is 0 Å². The standard InChI is InChI=1S/C16H24N2/c1-11-3-4-12(2)15(7-11)16(17)10-18-9-13-5-6-14(18)8-13/h3-4,7,13-14,16H,5-6,8-10,17H2,1-2H3. The van der Waals surface area contributed by atoms with Crippen LogP contribution in [-0.2, 0) is 0 Å². The second-order valence-corrected chi connectivity index (χ2v) is 6.25. The highest BCUT2D eigenvalue weighted by Gasteiger charge is 2.38. The third-order valence-electron chi connectivity index (χ3n) is 4.79. The summed E-state index contributed by atoms with van der Waals surface area (Å²) in [6, 6.07) is 7.62. The molecule has 2 aliphatic rings. The third kappa shape index (κ3) is 2.19. The number of benzene rings is 1. The number of piperidine rings is 1. The Morgan fingerprint density at radius 3 is 2.83 bits per heavy atom. The molecule has 1 aromatic carbocycles.